The number of nitrogens with zero attached hydrogens (tertiary/aromatic N) is 1. The molecule has 2 aromatic carbocycles. The summed E-state index contributed by atoms with van der Waals surface area (Å²) in [7, 11) is 0. The number of carbonyl (C=O) groups is 2. The fourth-order valence-corrected chi connectivity index (χ4v) is 2.90. The second kappa shape index (κ2) is 6.59. The molecule has 0 spiro atoms. The summed E-state index contributed by atoms with van der Waals surface area (Å²) < 4.78 is 5.79. The van der Waals surface area contributed by atoms with Gasteiger partial charge < -0.3 is 15.0 Å². The van der Waals surface area contributed by atoms with E-state index in [1.54, 1.807) is 18.7 Å². The van der Waals surface area contributed by atoms with Crippen LogP contribution in [-0.2, 0) is 9.59 Å². The normalized spacial score (nSPS) is 15.3. The third kappa shape index (κ3) is 3.65. The average Bonchev–Trinajstić information content (AvgIpc) is 2.55. The Morgan fingerprint density at radius 2 is 1.92 bits per heavy atom. The van der Waals surface area contributed by atoms with E-state index in [1.807, 2.05) is 55.5 Å². The van der Waals surface area contributed by atoms with Gasteiger partial charge in [0.25, 0.3) is 5.91 Å². The highest BCUT2D eigenvalue weighted by Gasteiger charge is 2.40. The van der Waals surface area contributed by atoms with Crippen LogP contribution in [0.5, 0.6) is 5.75 Å². The molecule has 0 saturated heterocycles. The van der Waals surface area contributed by atoms with Gasteiger partial charge in [0.1, 0.15) is 5.75 Å². The van der Waals surface area contributed by atoms with E-state index in [1.165, 1.54) is 0 Å². The van der Waals surface area contributed by atoms with Crippen molar-refractivity contribution < 1.29 is 14.3 Å². The van der Waals surface area contributed by atoms with Crippen molar-refractivity contribution in [2.24, 2.45) is 0 Å². The van der Waals surface area contributed by atoms with E-state index in [0.29, 0.717) is 18.0 Å². The standard InChI is InChI=1S/C20H22N2O3/c1-14-7-6-8-15(13-14)21-18(23)11-12-22-16-9-4-5-10-17(16)25-20(2,3)19(22)24/h4-10,13H,11-12H2,1-3H3,(H,21,23). The zero-order chi connectivity index (χ0) is 18.0. The Hall–Kier alpha value is -2.82. The number of benzene rings is 2. The Morgan fingerprint density at radius 3 is 2.68 bits per heavy atom. The molecule has 2 aromatic rings. The molecule has 0 fully saturated rings. The van der Waals surface area contributed by atoms with Crippen LogP contribution in [0.2, 0.25) is 0 Å². The van der Waals surface area contributed by atoms with Crippen LogP contribution in [-0.4, -0.2) is 24.0 Å². The summed E-state index contributed by atoms with van der Waals surface area (Å²) in [5.74, 6) is 0.390. The van der Waals surface area contributed by atoms with Crippen molar-refractivity contribution in [3.05, 3.63) is 54.1 Å². The fourth-order valence-electron chi connectivity index (χ4n) is 2.90. The molecule has 0 aromatic heterocycles. The Kier molecular flexibility index (Phi) is 4.49. The number of rotatable bonds is 4. The van der Waals surface area contributed by atoms with Gasteiger partial charge in [0.15, 0.2) is 5.60 Å². The van der Waals surface area contributed by atoms with Gasteiger partial charge in [-0.15, -0.1) is 0 Å². The van der Waals surface area contributed by atoms with Crippen molar-refractivity contribution in [2.75, 3.05) is 16.8 Å². The maximum atomic E-state index is 12.7. The lowest BCUT2D eigenvalue weighted by Gasteiger charge is -2.38. The number of para-hydroxylation sites is 2. The molecule has 0 unspecified atom stereocenters. The summed E-state index contributed by atoms with van der Waals surface area (Å²) >= 11 is 0. The Labute approximate surface area is 147 Å². The molecule has 0 radical (unpaired) electrons. The SMILES string of the molecule is Cc1cccc(NC(=O)CCN2C(=O)C(C)(C)Oc3ccccc32)c1. The van der Waals surface area contributed by atoms with Crippen LogP contribution in [0.15, 0.2) is 48.5 Å². The molecule has 3 rings (SSSR count). The lowest BCUT2D eigenvalue weighted by atomic mass is 10.0. The van der Waals surface area contributed by atoms with E-state index in [9.17, 15) is 9.59 Å². The molecule has 2 amide bonds. The topological polar surface area (TPSA) is 58.6 Å². The Bertz CT molecular complexity index is 814. The highest BCUT2D eigenvalue weighted by Crippen LogP contribution is 2.37. The molecule has 0 bridgehead atoms. The van der Waals surface area contributed by atoms with Crippen molar-refractivity contribution in [2.45, 2.75) is 32.8 Å². The van der Waals surface area contributed by atoms with E-state index in [0.717, 1.165) is 11.3 Å². The first-order valence-corrected chi connectivity index (χ1v) is 8.33. The number of ether oxygens (including phenoxy) is 1. The maximum Gasteiger partial charge on any atom is 0.270 e. The first-order valence-electron chi connectivity index (χ1n) is 8.33. The summed E-state index contributed by atoms with van der Waals surface area (Å²) in [6.07, 6.45) is 0.212. The van der Waals surface area contributed by atoms with Gasteiger partial charge in [0, 0.05) is 18.7 Å². The van der Waals surface area contributed by atoms with Gasteiger partial charge in [0.2, 0.25) is 5.91 Å². The Balaban J connectivity index is 1.71. The second-order valence-corrected chi connectivity index (χ2v) is 6.70. The molecule has 5 heteroatoms. The smallest absolute Gasteiger partial charge is 0.270 e. The number of amides is 2. The van der Waals surface area contributed by atoms with Gasteiger partial charge in [0.05, 0.1) is 5.69 Å². The van der Waals surface area contributed by atoms with Crippen molar-refractivity contribution in [3.63, 3.8) is 0 Å². The van der Waals surface area contributed by atoms with E-state index in [2.05, 4.69) is 5.32 Å². The summed E-state index contributed by atoms with van der Waals surface area (Å²) in [4.78, 5) is 26.6. The van der Waals surface area contributed by atoms with Gasteiger partial charge in [-0.2, -0.15) is 0 Å². The summed E-state index contributed by atoms with van der Waals surface area (Å²) in [6, 6.07) is 15.0. The van der Waals surface area contributed by atoms with Crippen molar-refractivity contribution in [3.8, 4) is 5.75 Å². The molecule has 1 aliphatic heterocycles. The third-order valence-corrected chi connectivity index (χ3v) is 4.15. The molecular weight excluding hydrogens is 316 g/mol. The van der Waals surface area contributed by atoms with Crippen LogP contribution in [0.4, 0.5) is 11.4 Å². The minimum Gasteiger partial charge on any atom is -0.476 e. The maximum absolute atomic E-state index is 12.7. The minimum atomic E-state index is -0.943. The van der Waals surface area contributed by atoms with Gasteiger partial charge in [-0.3, -0.25) is 9.59 Å². The molecule has 0 aliphatic carbocycles. The average molecular weight is 338 g/mol. The van der Waals surface area contributed by atoms with Crippen molar-refractivity contribution >= 4 is 23.2 Å². The van der Waals surface area contributed by atoms with E-state index in [4.69, 9.17) is 4.74 Å². The molecule has 1 N–H and O–H groups in total. The van der Waals surface area contributed by atoms with E-state index < -0.39 is 5.60 Å². The monoisotopic (exact) mass is 338 g/mol. The van der Waals surface area contributed by atoms with E-state index in [-0.39, 0.29) is 18.2 Å². The third-order valence-electron chi connectivity index (χ3n) is 4.15. The highest BCUT2D eigenvalue weighted by atomic mass is 16.5. The summed E-state index contributed by atoms with van der Waals surface area (Å²) in [5, 5.41) is 2.87. The van der Waals surface area contributed by atoms with Crippen LogP contribution in [0.1, 0.15) is 25.8 Å². The number of nitrogens with one attached hydrogen (secondary N) is 1. The van der Waals surface area contributed by atoms with Gasteiger partial charge >= 0.3 is 0 Å². The van der Waals surface area contributed by atoms with Gasteiger partial charge in [-0.25, -0.2) is 0 Å². The summed E-state index contributed by atoms with van der Waals surface area (Å²) in [5.41, 5.74) is 1.60. The summed E-state index contributed by atoms with van der Waals surface area (Å²) in [6.45, 7) is 5.76. The van der Waals surface area contributed by atoms with Crippen LogP contribution >= 0.6 is 0 Å². The molecule has 25 heavy (non-hydrogen) atoms. The number of carbonyl (C=O) groups excluding carboxylic acids is 2. The molecule has 5 nitrogen and oxygen atoms in total. The second-order valence-electron chi connectivity index (χ2n) is 6.70. The number of fused-ring (bicyclic) bond motifs is 1. The van der Waals surface area contributed by atoms with Crippen molar-refractivity contribution in [1.82, 2.24) is 0 Å². The minimum absolute atomic E-state index is 0.125. The van der Waals surface area contributed by atoms with Crippen LogP contribution < -0.4 is 15.0 Å². The predicted molar refractivity (Wildman–Crippen MR) is 97.9 cm³/mol. The number of hydrogen-bond acceptors (Lipinski definition) is 3. The Morgan fingerprint density at radius 1 is 1.16 bits per heavy atom. The number of hydrogen-bond donors (Lipinski definition) is 1. The number of aryl methyl sites for hydroxylation is 1. The predicted octanol–water partition coefficient (Wildman–Crippen LogP) is 3.53. The van der Waals surface area contributed by atoms with Gasteiger partial charge in [-0.1, -0.05) is 24.3 Å². The van der Waals surface area contributed by atoms with Crippen LogP contribution in [0, 0.1) is 6.92 Å². The lowest BCUT2D eigenvalue weighted by Crippen LogP contribution is -2.53. The van der Waals surface area contributed by atoms with Crippen LogP contribution in [0.3, 0.4) is 0 Å². The fraction of sp³-hybridized carbons (Fsp3) is 0.300. The zero-order valence-electron chi connectivity index (χ0n) is 14.7. The van der Waals surface area contributed by atoms with Crippen LogP contribution in [0.25, 0.3) is 0 Å². The van der Waals surface area contributed by atoms with Gasteiger partial charge in [-0.05, 0) is 50.6 Å². The molecule has 1 aliphatic rings. The zero-order valence-corrected chi connectivity index (χ0v) is 14.7. The largest absolute Gasteiger partial charge is 0.476 e. The molecule has 130 valence electrons. The first-order chi connectivity index (χ1) is 11.9. The molecule has 1 heterocycles. The lowest BCUT2D eigenvalue weighted by molar-refractivity contribution is -0.132. The molecule has 0 saturated carbocycles. The van der Waals surface area contributed by atoms with Crippen molar-refractivity contribution in [1.29, 1.82) is 0 Å². The number of anilines is 2. The molecular formula is C20H22N2O3. The molecule has 0 atom stereocenters. The first kappa shape index (κ1) is 17.0. The quantitative estimate of drug-likeness (QED) is 0.928. The van der Waals surface area contributed by atoms with E-state index >= 15 is 0 Å². The highest BCUT2D eigenvalue weighted by molar-refractivity contribution is 6.03.